The minimum atomic E-state index is -0.559. The van der Waals surface area contributed by atoms with Crippen molar-refractivity contribution in [1.29, 1.82) is 0 Å². The fourth-order valence-electron chi connectivity index (χ4n) is 5.00. The number of nitrogens with one attached hydrogen (secondary N) is 3. The third kappa shape index (κ3) is 7.79. The number of ether oxygens (including phenoxy) is 1. The molecule has 0 aliphatic heterocycles. The molecule has 0 spiro atoms. The van der Waals surface area contributed by atoms with Crippen molar-refractivity contribution in [3.8, 4) is 16.9 Å². The first kappa shape index (κ1) is 33.2. The van der Waals surface area contributed by atoms with E-state index in [1.54, 1.807) is 38.1 Å². The summed E-state index contributed by atoms with van der Waals surface area (Å²) in [6, 6.07) is 11.5. The van der Waals surface area contributed by atoms with Crippen molar-refractivity contribution in [1.82, 2.24) is 29.8 Å². The van der Waals surface area contributed by atoms with E-state index in [0.29, 0.717) is 28.9 Å². The SMILES string of the molecule is C=CC(=O)Nc1cc(Nc2ncc(-c3cccnc3)c(Nc3ccc4nccnc4c3P(C)C)n2)c(OC)cc1N(C)CCN(C)C. The molecule has 13 heteroatoms. The van der Waals surface area contributed by atoms with E-state index in [1.807, 2.05) is 57.5 Å². The van der Waals surface area contributed by atoms with Crippen molar-refractivity contribution in [3.63, 3.8) is 0 Å². The van der Waals surface area contributed by atoms with Gasteiger partial charge in [-0.3, -0.25) is 19.7 Å². The number of benzene rings is 2. The number of likely N-dealkylation sites (N-methyl/N-ethyl adjacent to an activating group) is 2. The molecule has 2 aromatic carbocycles. The van der Waals surface area contributed by atoms with Gasteiger partial charge in [0.15, 0.2) is 0 Å². The summed E-state index contributed by atoms with van der Waals surface area (Å²) in [6.45, 7) is 9.55. The van der Waals surface area contributed by atoms with E-state index in [4.69, 9.17) is 9.72 Å². The van der Waals surface area contributed by atoms with Gasteiger partial charge in [0.2, 0.25) is 11.9 Å². The van der Waals surface area contributed by atoms with Gasteiger partial charge in [0.1, 0.15) is 11.6 Å². The summed E-state index contributed by atoms with van der Waals surface area (Å²) in [5.74, 6) is 1.14. The van der Waals surface area contributed by atoms with Crippen LogP contribution in [-0.2, 0) is 4.79 Å². The molecule has 5 aromatic rings. The fraction of sp³-hybridized carbons (Fsp3) is 0.235. The Morgan fingerprint density at radius 2 is 1.77 bits per heavy atom. The number of carbonyl (C=O) groups excluding carboxylic acids is 1. The van der Waals surface area contributed by atoms with Gasteiger partial charge in [-0.05, 0) is 57.8 Å². The van der Waals surface area contributed by atoms with E-state index in [1.165, 1.54) is 6.08 Å². The highest BCUT2D eigenvalue weighted by molar-refractivity contribution is 7.65. The molecule has 3 N–H and O–H groups in total. The number of rotatable bonds is 13. The molecule has 0 atom stereocenters. The number of methoxy groups -OCH3 is 1. The average Bonchev–Trinajstić information content (AvgIpc) is 3.07. The van der Waals surface area contributed by atoms with Crippen LogP contribution in [-0.4, -0.2) is 90.4 Å². The molecule has 3 heterocycles. The van der Waals surface area contributed by atoms with Gasteiger partial charge in [-0.15, -0.1) is 0 Å². The zero-order valence-electron chi connectivity index (χ0n) is 27.4. The molecule has 5 rings (SSSR count). The summed E-state index contributed by atoms with van der Waals surface area (Å²) >= 11 is 0. The van der Waals surface area contributed by atoms with E-state index < -0.39 is 7.92 Å². The molecule has 12 nitrogen and oxygen atoms in total. The lowest BCUT2D eigenvalue weighted by atomic mass is 10.1. The highest BCUT2D eigenvalue weighted by Crippen LogP contribution is 2.39. The third-order valence-corrected chi connectivity index (χ3v) is 8.72. The molecule has 3 aromatic heterocycles. The first-order chi connectivity index (χ1) is 22.7. The lowest BCUT2D eigenvalue weighted by Gasteiger charge is -2.26. The minimum Gasteiger partial charge on any atom is -0.494 e. The van der Waals surface area contributed by atoms with Gasteiger partial charge >= 0.3 is 0 Å². The maximum absolute atomic E-state index is 12.4. The van der Waals surface area contributed by atoms with Crippen molar-refractivity contribution in [2.24, 2.45) is 0 Å². The first-order valence-corrected chi connectivity index (χ1v) is 17.2. The molecule has 0 aliphatic carbocycles. The maximum Gasteiger partial charge on any atom is 0.247 e. The van der Waals surface area contributed by atoms with Gasteiger partial charge in [-0.1, -0.05) is 20.6 Å². The van der Waals surface area contributed by atoms with E-state index in [-0.39, 0.29) is 5.91 Å². The topological polar surface area (TPSA) is 133 Å². The second kappa shape index (κ2) is 14.9. The number of anilines is 6. The molecular weight excluding hydrogens is 611 g/mol. The van der Waals surface area contributed by atoms with E-state index in [9.17, 15) is 4.79 Å². The Hall–Kier alpha value is -5.19. The van der Waals surface area contributed by atoms with Crippen LogP contribution in [0.2, 0.25) is 0 Å². The minimum absolute atomic E-state index is 0.324. The van der Waals surface area contributed by atoms with Crippen LogP contribution < -0.4 is 30.9 Å². The van der Waals surface area contributed by atoms with Gasteiger partial charge < -0.3 is 30.5 Å². The Bertz CT molecular complexity index is 1880. The van der Waals surface area contributed by atoms with E-state index >= 15 is 0 Å². The molecule has 0 unspecified atom stereocenters. The molecule has 0 saturated carbocycles. The molecule has 0 fully saturated rings. The van der Waals surface area contributed by atoms with Crippen LogP contribution in [0, 0.1) is 0 Å². The van der Waals surface area contributed by atoms with Gasteiger partial charge in [0.25, 0.3) is 0 Å². The number of fused-ring (bicyclic) bond motifs is 1. The zero-order valence-corrected chi connectivity index (χ0v) is 28.3. The van der Waals surface area contributed by atoms with Crippen LogP contribution in [0.5, 0.6) is 5.75 Å². The van der Waals surface area contributed by atoms with Crippen molar-refractivity contribution in [2.45, 2.75) is 0 Å². The van der Waals surface area contributed by atoms with Crippen molar-refractivity contribution >= 4 is 64.7 Å². The first-order valence-electron chi connectivity index (χ1n) is 14.9. The van der Waals surface area contributed by atoms with Crippen molar-refractivity contribution < 1.29 is 9.53 Å². The maximum atomic E-state index is 12.4. The van der Waals surface area contributed by atoms with Crippen LogP contribution in [0.4, 0.5) is 34.5 Å². The molecule has 0 radical (unpaired) electrons. The third-order valence-electron chi connectivity index (χ3n) is 7.38. The molecule has 1 amide bonds. The molecular formula is C34H39N10O2P. The van der Waals surface area contributed by atoms with Crippen LogP contribution in [0.1, 0.15) is 0 Å². The number of hydrogen-bond acceptors (Lipinski definition) is 11. The number of nitrogens with zero attached hydrogens (tertiary/aromatic N) is 7. The van der Waals surface area contributed by atoms with Crippen LogP contribution in [0.15, 0.2) is 80.0 Å². The van der Waals surface area contributed by atoms with Crippen LogP contribution in [0.25, 0.3) is 22.2 Å². The Morgan fingerprint density at radius 3 is 2.47 bits per heavy atom. The predicted octanol–water partition coefficient (Wildman–Crippen LogP) is 5.47. The van der Waals surface area contributed by atoms with Gasteiger partial charge in [0, 0.05) is 79.3 Å². The van der Waals surface area contributed by atoms with Crippen molar-refractivity contribution in [2.75, 3.05) is 75.5 Å². The van der Waals surface area contributed by atoms with E-state index in [2.05, 4.69) is 65.6 Å². The Balaban J connectivity index is 1.58. The standard InChI is InChI=1S/C34H39N10O2P/c1-8-30(45)39-26-18-27(29(46-5)19-28(26)44(4)17-16-43(2)3)41-34-38-21-23(22-10-9-13-35-20-22)33(42-34)40-25-12-11-24-31(32(25)47(6)7)37-15-14-36-24/h8-15,18-21H,1,16-17H2,2-7H3,(H,39,45)(H2,38,40,41,42). The normalized spacial score (nSPS) is 11.1. The number of aromatic nitrogens is 5. The summed E-state index contributed by atoms with van der Waals surface area (Å²) in [7, 11) is 7.05. The summed E-state index contributed by atoms with van der Waals surface area (Å²) in [4.78, 5) is 39.7. The highest BCUT2D eigenvalue weighted by Gasteiger charge is 2.19. The largest absolute Gasteiger partial charge is 0.494 e. The summed E-state index contributed by atoms with van der Waals surface area (Å²) in [5, 5.41) is 10.9. The lowest BCUT2D eigenvalue weighted by Crippen LogP contribution is -2.29. The van der Waals surface area contributed by atoms with Crippen LogP contribution in [0.3, 0.4) is 0 Å². The molecule has 47 heavy (non-hydrogen) atoms. The Labute approximate surface area is 276 Å². The smallest absolute Gasteiger partial charge is 0.247 e. The monoisotopic (exact) mass is 650 g/mol. The molecule has 0 aliphatic rings. The highest BCUT2D eigenvalue weighted by atomic mass is 31.1. The summed E-state index contributed by atoms with van der Waals surface area (Å²) in [6.07, 6.45) is 9.92. The summed E-state index contributed by atoms with van der Waals surface area (Å²) < 4.78 is 5.80. The van der Waals surface area contributed by atoms with Gasteiger partial charge in [0.05, 0.1) is 35.2 Å². The molecule has 0 saturated heterocycles. The van der Waals surface area contributed by atoms with Crippen molar-refractivity contribution in [3.05, 3.63) is 80.0 Å². The average molecular weight is 651 g/mol. The van der Waals surface area contributed by atoms with Gasteiger partial charge in [-0.2, -0.15) is 4.98 Å². The zero-order chi connectivity index (χ0) is 33.5. The second-order valence-corrected chi connectivity index (χ2v) is 13.5. The second-order valence-electron chi connectivity index (χ2n) is 11.2. The number of hydrogen-bond donors (Lipinski definition) is 3. The number of amides is 1. The predicted molar refractivity (Wildman–Crippen MR) is 193 cm³/mol. The fourth-order valence-corrected chi connectivity index (χ4v) is 6.21. The lowest BCUT2D eigenvalue weighted by molar-refractivity contribution is -0.111. The number of carbonyl (C=O) groups is 1. The molecule has 0 bridgehead atoms. The number of pyridine rings is 1. The quantitative estimate of drug-likeness (QED) is 0.111. The Kier molecular flexibility index (Phi) is 10.5. The summed E-state index contributed by atoms with van der Waals surface area (Å²) in [5.41, 5.74) is 6.17. The van der Waals surface area contributed by atoms with Crippen LogP contribution >= 0.6 is 7.92 Å². The Morgan fingerprint density at radius 1 is 0.957 bits per heavy atom. The molecule has 242 valence electrons. The van der Waals surface area contributed by atoms with Gasteiger partial charge in [-0.25, -0.2) is 4.98 Å². The van der Waals surface area contributed by atoms with E-state index in [0.717, 1.165) is 51.9 Å².